The number of rotatable bonds is 2. The maximum absolute atomic E-state index is 11.1. The van der Waals surface area contributed by atoms with Crippen molar-refractivity contribution in [1.82, 2.24) is 10.3 Å². The van der Waals surface area contributed by atoms with Crippen LogP contribution in [0.3, 0.4) is 0 Å². The number of hydrogen-bond acceptors (Lipinski definition) is 4. The van der Waals surface area contributed by atoms with E-state index in [2.05, 4.69) is 10.3 Å². The van der Waals surface area contributed by atoms with Gasteiger partial charge in [0.05, 0.1) is 11.7 Å². The molecule has 0 aliphatic rings. The van der Waals surface area contributed by atoms with E-state index in [0.29, 0.717) is 11.3 Å². The molecular weight excluding hydrogens is 176 g/mol. The Labute approximate surface area is 73.6 Å². The van der Waals surface area contributed by atoms with Gasteiger partial charge in [-0.05, 0) is 0 Å². The zero-order valence-electron chi connectivity index (χ0n) is 6.53. The van der Waals surface area contributed by atoms with Gasteiger partial charge in [0.25, 0.3) is 5.91 Å². The molecule has 1 rings (SSSR count). The van der Waals surface area contributed by atoms with Gasteiger partial charge in [-0.25, -0.2) is 0 Å². The highest BCUT2D eigenvalue weighted by Gasteiger charge is 2.09. The molecule has 0 radical (unpaired) electrons. The molecule has 0 saturated heterocycles. The van der Waals surface area contributed by atoms with Crippen LogP contribution in [-0.2, 0) is 4.79 Å². The molecule has 12 heavy (non-hydrogen) atoms. The molecule has 0 unspecified atom stereocenters. The lowest BCUT2D eigenvalue weighted by molar-refractivity contribution is -0.119. The number of carbonyl (C=O) groups is 2. The molecule has 1 aromatic rings. The monoisotopic (exact) mass is 184 g/mol. The van der Waals surface area contributed by atoms with Crippen molar-refractivity contribution in [3.8, 4) is 0 Å². The van der Waals surface area contributed by atoms with Gasteiger partial charge in [0.1, 0.15) is 4.88 Å². The number of nitrogens with zero attached hydrogens (tertiary/aromatic N) is 1. The topological polar surface area (TPSA) is 59.1 Å². The first kappa shape index (κ1) is 8.86. The number of hydrogen-bond donors (Lipinski definition) is 1. The average Bonchev–Trinajstić information content (AvgIpc) is 2.56. The minimum Gasteiger partial charge on any atom is -0.292 e. The second kappa shape index (κ2) is 3.96. The normalized spacial score (nSPS) is 9.42. The zero-order valence-corrected chi connectivity index (χ0v) is 7.35. The maximum Gasteiger partial charge on any atom is 0.269 e. The van der Waals surface area contributed by atoms with Crippen LogP contribution >= 0.6 is 11.3 Å². The van der Waals surface area contributed by atoms with Crippen molar-refractivity contribution in [2.45, 2.75) is 13.3 Å². The third-order valence-electron chi connectivity index (χ3n) is 1.23. The Bertz CT molecular complexity index is 282. The summed E-state index contributed by atoms with van der Waals surface area (Å²) < 4.78 is 0. The van der Waals surface area contributed by atoms with Gasteiger partial charge in [-0.15, -0.1) is 11.3 Å². The molecule has 1 aromatic heterocycles. The first-order valence-corrected chi connectivity index (χ1v) is 4.34. The Hall–Kier alpha value is -1.23. The van der Waals surface area contributed by atoms with E-state index in [-0.39, 0.29) is 11.8 Å². The van der Waals surface area contributed by atoms with Crippen molar-refractivity contribution in [2.75, 3.05) is 0 Å². The van der Waals surface area contributed by atoms with Gasteiger partial charge < -0.3 is 0 Å². The van der Waals surface area contributed by atoms with Crippen LogP contribution in [0.4, 0.5) is 0 Å². The number of imide groups is 1. The number of thiazole rings is 1. The second-order valence-electron chi connectivity index (χ2n) is 2.10. The summed E-state index contributed by atoms with van der Waals surface area (Å²) in [6, 6.07) is 0. The van der Waals surface area contributed by atoms with E-state index < -0.39 is 0 Å². The lowest BCUT2D eigenvalue weighted by Gasteiger charge is -1.97. The molecule has 0 aromatic carbocycles. The maximum atomic E-state index is 11.1. The van der Waals surface area contributed by atoms with Crippen LogP contribution < -0.4 is 5.32 Å². The second-order valence-corrected chi connectivity index (χ2v) is 2.98. The van der Waals surface area contributed by atoms with Crippen LogP contribution in [0.2, 0.25) is 0 Å². The van der Waals surface area contributed by atoms with Crippen molar-refractivity contribution < 1.29 is 9.59 Å². The van der Waals surface area contributed by atoms with Gasteiger partial charge in [0, 0.05) is 6.42 Å². The van der Waals surface area contributed by atoms with Crippen LogP contribution in [-0.4, -0.2) is 16.8 Å². The fraction of sp³-hybridized carbons (Fsp3) is 0.286. The van der Waals surface area contributed by atoms with Gasteiger partial charge in [0.2, 0.25) is 5.91 Å². The van der Waals surface area contributed by atoms with Gasteiger partial charge in [0.15, 0.2) is 0 Å². The van der Waals surface area contributed by atoms with E-state index in [1.54, 1.807) is 12.4 Å². The molecule has 0 spiro atoms. The minimum atomic E-state index is -0.371. The molecule has 0 bridgehead atoms. The fourth-order valence-corrected chi connectivity index (χ4v) is 1.12. The third kappa shape index (κ3) is 2.13. The molecule has 0 fully saturated rings. The van der Waals surface area contributed by atoms with Gasteiger partial charge >= 0.3 is 0 Å². The first-order chi connectivity index (χ1) is 5.74. The lowest BCUT2D eigenvalue weighted by atomic mass is 10.4. The molecular formula is C7H8N2O2S. The van der Waals surface area contributed by atoms with E-state index in [1.807, 2.05) is 0 Å². The Balaban J connectivity index is 2.56. The van der Waals surface area contributed by atoms with E-state index in [0.717, 1.165) is 0 Å². The van der Waals surface area contributed by atoms with Crippen molar-refractivity contribution in [2.24, 2.45) is 0 Å². The molecule has 2 amide bonds. The average molecular weight is 184 g/mol. The zero-order chi connectivity index (χ0) is 8.97. The Kier molecular flexibility index (Phi) is 2.93. The number of carbonyl (C=O) groups excluding carboxylic acids is 2. The smallest absolute Gasteiger partial charge is 0.269 e. The van der Waals surface area contributed by atoms with Gasteiger partial charge in [-0.3, -0.25) is 19.9 Å². The van der Waals surface area contributed by atoms with E-state index in [1.165, 1.54) is 17.5 Å². The van der Waals surface area contributed by atoms with Crippen LogP contribution in [0.5, 0.6) is 0 Å². The van der Waals surface area contributed by atoms with Crippen LogP contribution in [0.1, 0.15) is 23.0 Å². The number of amides is 2. The third-order valence-corrected chi connectivity index (χ3v) is 2.00. The highest BCUT2D eigenvalue weighted by molar-refractivity contribution is 7.11. The van der Waals surface area contributed by atoms with Crippen molar-refractivity contribution in [3.05, 3.63) is 16.6 Å². The minimum absolute atomic E-state index is 0.270. The molecule has 64 valence electrons. The summed E-state index contributed by atoms with van der Waals surface area (Å²) in [7, 11) is 0. The molecule has 0 atom stereocenters. The molecule has 0 aliphatic heterocycles. The van der Waals surface area contributed by atoms with Crippen LogP contribution in [0.15, 0.2) is 11.7 Å². The highest BCUT2D eigenvalue weighted by atomic mass is 32.1. The Morgan fingerprint density at radius 2 is 2.42 bits per heavy atom. The lowest BCUT2D eigenvalue weighted by Crippen LogP contribution is -2.28. The summed E-state index contributed by atoms with van der Waals surface area (Å²) in [5.74, 6) is -0.641. The van der Waals surface area contributed by atoms with Gasteiger partial charge in [-0.2, -0.15) is 0 Å². The molecule has 5 heteroatoms. The quantitative estimate of drug-likeness (QED) is 0.739. The van der Waals surface area contributed by atoms with Crippen molar-refractivity contribution >= 4 is 23.2 Å². The fourth-order valence-electron chi connectivity index (χ4n) is 0.605. The predicted octanol–water partition coefficient (Wildman–Crippen LogP) is 0.809. The number of nitrogens with one attached hydrogen (secondary N) is 1. The van der Waals surface area contributed by atoms with Crippen LogP contribution in [0.25, 0.3) is 0 Å². The highest BCUT2D eigenvalue weighted by Crippen LogP contribution is 2.04. The van der Waals surface area contributed by atoms with Crippen LogP contribution in [0, 0.1) is 0 Å². The van der Waals surface area contributed by atoms with E-state index in [9.17, 15) is 9.59 Å². The molecule has 0 saturated carbocycles. The standard InChI is InChI=1S/C7H8N2O2S/c1-2-6(10)9-7(11)5-3-8-4-12-5/h3-4H,2H2,1H3,(H,9,10,11). The summed E-state index contributed by atoms with van der Waals surface area (Å²) in [5, 5.41) is 2.22. The summed E-state index contributed by atoms with van der Waals surface area (Å²) in [5.41, 5.74) is 1.55. The molecule has 1 N–H and O–H groups in total. The summed E-state index contributed by atoms with van der Waals surface area (Å²) in [6.07, 6.45) is 1.74. The van der Waals surface area contributed by atoms with E-state index in [4.69, 9.17) is 0 Å². The van der Waals surface area contributed by atoms with Gasteiger partial charge in [-0.1, -0.05) is 6.92 Å². The number of aromatic nitrogens is 1. The van der Waals surface area contributed by atoms with Crippen molar-refractivity contribution in [1.29, 1.82) is 0 Å². The summed E-state index contributed by atoms with van der Waals surface area (Å²) in [4.78, 5) is 26.1. The van der Waals surface area contributed by atoms with Crippen molar-refractivity contribution in [3.63, 3.8) is 0 Å². The molecule has 4 nitrogen and oxygen atoms in total. The summed E-state index contributed by atoms with van der Waals surface area (Å²) in [6.45, 7) is 1.69. The summed E-state index contributed by atoms with van der Waals surface area (Å²) >= 11 is 1.21. The molecule has 0 aliphatic carbocycles. The van der Waals surface area contributed by atoms with E-state index >= 15 is 0 Å². The molecule has 1 heterocycles. The first-order valence-electron chi connectivity index (χ1n) is 3.46. The Morgan fingerprint density at radius 1 is 1.67 bits per heavy atom. The SMILES string of the molecule is CCC(=O)NC(=O)c1cncs1. The Morgan fingerprint density at radius 3 is 2.92 bits per heavy atom. The largest absolute Gasteiger partial charge is 0.292 e. The predicted molar refractivity (Wildman–Crippen MR) is 44.9 cm³/mol.